The molecule has 7 heteroatoms. The highest BCUT2D eigenvalue weighted by molar-refractivity contribution is 6.74. The molecule has 0 bridgehead atoms. The Morgan fingerprint density at radius 1 is 0.977 bits per heavy atom. The van der Waals surface area contributed by atoms with Crippen molar-refractivity contribution in [3.05, 3.63) is 95.2 Å². The van der Waals surface area contributed by atoms with Crippen LogP contribution in [-0.2, 0) is 14.0 Å². The van der Waals surface area contributed by atoms with Gasteiger partial charge < -0.3 is 15.1 Å². The van der Waals surface area contributed by atoms with Crippen molar-refractivity contribution in [3.63, 3.8) is 0 Å². The molecule has 43 heavy (non-hydrogen) atoms. The monoisotopic (exact) mass is 626 g/mol. The fourth-order valence-corrected chi connectivity index (χ4v) is 5.51. The standard InChI is InChI=1S/C36H55ClN2O3Si/c1-27(26-28(2)30-19-13-12-14-20-30)18-15-16-22-32(40)39-33(35(4,5)6)34(41)38-25-17-21-31(24-23-29(3)37)42-43(10,11)36(7,8)9/h12-20,22-23,25-26,28,31,33H,21,24H2,1-11H3,(H,38,41)(H,39,40)/t28-,31+,33+/m0/s1. The van der Waals surface area contributed by atoms with Crippen molar-refractivity contribution < 1.29 is 14.0 Å². The lowest BCUT2D eigenvalue weighted by atomic mass is 9.86. The van der Waals surface area contributed by atoms with Gasteiger partial charge in [0.2, 0.25) is 11.8 Å². The van der Waals surface area contributed by atoms with E-state index in [2.05, 4.69) is 69.6 Å². The topological polar surface area (TPSA) is 67.4 Å². The van der Waals surface area contributed by atoms with Gasteiger partial charge in [-0.1, -0.05) is 132 Å². The van der Waals surface area contributed by atoms with Crippen LogP contribution in [0.4, 0.5) is 0 Å². The third kappa shape index (κ3) is 15.1. The Bertz CT molecular complexity index is 1180. The van der Waals surface area contributed by atoms with E-state index in [9.17, 15) is 9.59 Å². The maximum Gasteiger partial charge on any atom is 0.247 e. The predicted octanol–water partition coefficient (Wildman–Crippen LogP) is 9.32. The summed E-state index contributed by atoms with van der Waals surface area (Å²) in [5, 5.41) is 6.54. The van der Waals surface area contributed by atoms with Crippen LogP contribution < -0.4 is 10.6 Å². The molecule has 0 aliphatic heterocycles. The molecule has 2 N–H and O–H groups in total. The van der Waals surface area contributed by atoms with Gasteiger partial charge in [0.15, 0.2) is 8.32 Å². The molecule has 0 spiro atoms. The molecule has 0 fully saturated rings. The molecule has 0 aliphatic rings. The zero-order valence-corrected chi connectivity index (χ0v) is 30.0. The fraction of sp³-hybridized carbons (Fsp3) is 0.500. The lowest BCUT2D eigenvalue weighted by Gasteiger charge is -2.39. The van der Waals surface area contributed by atoms with Crippen LogP contribution in [0.5, 0.6) is 0 Å². The van der Waals surface area contributed by atoms with E-state index in [1.165, 1.54) is 11.6 Å². The molecular weight excluding hydrogens is 572 g/mol. The minimum Gasteiger partial charge on any atom is -0.413 e. The Balaban J connectivity index is 2.80. The molecular formula is C36H55ClN2O3Si. The van der Waals surface area contributed by atoms with Gasteiger partial charge in [0.1, 0.15) is 6.04 Å². The SMILES string of the molecule is CC(Cl)=CC[C@@H](CC=CNC(=O)[C@@H](NC(=O)C=CC=CC(C)=C[C@H](C)c1ccccc1)C(C)(C)C)O[Si](C)(C)C(C)(C)C. The number of hydrogen-bond acceptors (Lipinski definition) is 3. The lowest BCUT2D eigenvalue weighted by Crippen LogP contribution is -2.52. The average molecular weight is 627 g/mol. The van der Waals surface area contributed by atoms with E-state index in [0.717, 1.165) is 10.6 Å². The number of benzene rings is 1. The van der Waals surface area contributed by atoms with Crippen LogP contribution in [0.2, 0.25) is 18.1 Å². The van der Waals surface area contributed by atoms with E-state index in [0.29, 0.717) is 18.8 Å². The second kappa shape index (κ2) is 17.6. The van der Waals surface area contributed by atoms with Crippen LogP contribution in [0.1, 0.15) is 86.6 Å². The van der Waals surface area contributed by atoms with E-state index in [4.69, 9.17) is 16.0 Å². The zero-order valence-electron chi connectivity index (χ0n) is 28.3. The first-order chi connectivity index (χ1) is 19.8. The zero-order chi connectivity index (χ0) is 32.8. The number of amides is 2. The molecule has 0 heterocycles. The first kappa shape index (κ1) is 38.4. The summed E-state index contributed by atoms with van der Waals surface area (Å²) in [6, 6.07) is 9.60. The fourth-order valence-electron chi connectivity index (χ4n) is 4.04. The molecule has 3 atom stereocenters. The molecule has 1 aromatic carbocycles. The molecule has 238 valence electrons. The van der Waals surface area contributed by atoms with Crippen molar-refractivity contribution in [3.8, 4) is 0 Å². The van der Waals surface area contributed by atoms with Crippen LogP contribution in [0.3, 0.4) is 0 Å². The van der Waals surface area contributed by atoms with Crippen LogP contribution in [-0.4, -0.2) is 32.3 Å². The number of rotatable bonds is 14. The minimum absolute atomic E-state index is 0.0425. The van der Waals surface area contributed by atoms with Crippen molar-refractivity contribution in [2.75, 3.05) is 0 Å². The van der Waals surface area contributed by atoms with Crippen LogP contribution in [0.25, 0.3) is 0 Å². The van der Waals surface area contributed by atoms with E-state index >= 15 is 0 Å². The van der Waals surface area contributed by atoms with Crippen LogP contribution >= 0.6 is 11.6 Å². The Hall–Kier alpha value is -2.67. The summed E-state index contributed by atoms with van der Waals surface area (Å²) in [5.41, 5.74) is 1.87. The normalized spacial score (nSPS) is 16.1. The van der Waals surface area contributed by atoms with Gasteiger partial charge in [0.25, 0.3) is 0 Å². The molecule has 0 saturated carbocycles. The maximum atomic E-state index is 13.1. The van der Waals surface area contributed by atoms with E-state index in [-0.39, 0.29) is 23.0 Å². The van der Waals surface area contributed by atoms with Gasteiger partial charge in [-0.2, -0.15) is 0 Å². The van der Waals surface area contributed by atoms with E-state index < -0.39 is 19.8 Å². The highest BCUT2D eigenvalue weighted by atomic mass is 35.5. The van der Waals surface area contributed by atoms with Crippen molar-refractivity contribution in [2.45, 2.75) is 111 Å². The summed E-state index contributed by atoms with van der Waals surface area (Å²) in [4.78, 5) is 25.8. The van der Waals surface area contributed by atoms with Crippen molar-refractivity contribution in [2.24, 2.45) is 5.41 Å². The summed E-state index contributed by atoms with van der Waals surface area (Å²) in [6.45, 7) is 22.9. The number of nitrogens with one attached hydrogen (secondary N) is 2. The number of carbonyl (C=O) groups excluding carboxylic acids is 2. The van der Waals surface area contributed by atoms with Crippen molar-refractivity contribution in [1.29, 1.82) is 0 Å². The largest absolute Gasteiger partial charge is 0.413 e. The van der Waals surface area contributed by atoms with Crippen LogP contribution in [0.15, 0.2) is 89.7 Å². The summed E-state index contributed by atoms with van der Waals surface area (Å²) in [5.74, 6) is -0.303. The first-order valence-corrected chi connectivity index (χ1v) is 18.5. The number of allylic oxidation sites excluding steroid dienone is 6. The molecule has 0 radical (unpaired) electrons. The molecule has 0 unspecified atom stereocenters. The third-order valence-electron chi connectivity index (χ3n) is 7.64. The molecule has 1 aromatic rings. The highest BCUT2D eigenvalue weighted by Gasteiger charge is 2.38. The second-order valence-electron chi connectivity index (χ2n) is 13.8. The highest BCUT2D eigenvalue weighted by Crippen LogP contribution is 2.38. The summed E-state index contributed by atoms with van der Waals surface area (Å²) >= 11 is 6.09. The Morgan fingerprint density at radius 3 is 2.14 bits per heavy atom. The van der Waals surface area contributed by atoms with E-state index in [1.807, 2.05) is 77.1 Å². The molecule has 2 amide bonds. The Morgan fingerprint density at radius 2 is 1.58 bits per heavy atom. The van der Waals surface area contributed by atoms with Gasteiger partial charge in [0.05, 0.1) is 6.10 Å². The third-order valence-corrected chi connectivity index (χ3v) is 12.3. The molecule has 5 nitrogen and oxygen atoms in total. The molecule has 0 aromatic heterocycles. The number of carbonyl (C=O) groups is 2. The molecule has 0 aliphatic carbocycles. The Labute approximate surface area is 267 Å². The quantitative estimate of drug-likeness (QED) is 0.123. The van der Waals surface area contributed by atoms with Crippen LogP contribution in [0, 0.1) is 5.41 Å². The lowest BCUT2D eigenvalue weighted by molar-refractivity contribution is -0.129. The summed E-state index contributed by atoms with van der Waals surface area (Å²) in [7, 11) is -1.98. The number of halogens is 1. The second-order valence-corrected chi connectivity index (χ2v) is 19.2. The van der Waals surface area contributed by atoms with Gasteiger partial charge >= 0.3 is 0 Å². The van der Waals surface area contributed by atoms with Gasteiger partial charge in [-0.3, -0.25) is 9.59 Å². The number of hydrogen-bond donors (Lipinski definition) is 2. The average Bonchev–Trinajstić information content (AvgIpc) is 2.89. The molecule has 0 saturated heterocycles. The first-order valence-electron chi connectivity index (χ1n) is 15.2. The van der Waals surface area contributed by atoms with Gasteiger partial charge in [0, 0.05) is 11.1 Å². The van der Waals surface area contributed by atoms with Crippen molar-refractivity contribution >= 4 is 31.7 Å². The summed E-state index contributed by atoms with van der Waals surface area (Å²) in [6.07, 6.45) is 15.9. The smallest absolute Gasteiger partial charge is 0.247 e. The predicted molar refractivity (Wildman–Crippen MR) is 186 cm³/mol. The summed E-state index contributed by atoms with van der Waals surface area (Å²) < 4.78 is 6.61. The van der Waals surface area contributed by atoms with Gasteiger partial charge in [-0.15, -0.1) is 0 Å². The van der Waals surface area contributed by atoms with E-state index in [1.54, 1.807) is 12.3 Å². The van der Waals surface area contributed by atoms with Crippen molar-refractivity contribution in [1.82, 2.24) is 10.6 Å². The minimum atomic E-state index is -1.98. The van der Waals surface area contributed by atoms with Gasteiger partial charge in [-0.25, -0.2) is 0 Å². The Kier molecular flexibility index (Phi) is 15.7. The van der Waals surface area contributed by atoms with Gasteiger partial charge in [-0.05, 0) is 67.9 Å². The maximum absolute atomic E-state index is 13.1. The molecule has 1 rings (SSSR count).